The van der Waals surface area contributed by atoms with Crippen LogP contribution in [0, 0.1) is 0 Å². The summed E-state index contributed by atoms with van der Waals surface area (Å²) >= 11 is 0. The van der Waals surface area contributed by atoms with Gasteiger partial charge in [-0.05, 0) is 42.5 Å². The first kappa shape index (κ1) is 18.5. The van der Waals surface area contributed by atoms with Gasteiger partial charge in [0.15, 0.2) is 0 Å². The van der Waals surface area contributed by atoms with Crippen molar-refractivity contribution >= 4 is 17.1 Å². The smallest absolute Gasteiger partial charge is 0.316 e. The summed E-state index contributed by atoms with van der Waals surface area (Å²) in [6, 6.07) is 14.5. The minimum atomic E-state index is -4.47. The molecule has 6 nitrogen and oxygen atoms in total. The van der Waals surface area contributed by atoms with Crippen molar-refractivity contribution in [2.24, 2.45) is 5.10 Å². The lowest BCUT2D eigenvalue weighted by atomic mass is 10.2. The number of fused-ring (bicyclic) bond motifs is 1. The van der Waals surface area contributed by atoms with Gasteiger partial charge in [-0.15, -0.1) is 4.68 Å². The quantitative estimate of drug-likeness (QED) is 0.538. The first-order valence-electron chi connectivity index (χ1n) is 8.48. The minimum absolute atomic E-state index is 0.269. The number of rotatable bonds is 3. The predicted octanol–water partition coefficient (Wildman–Crippen LogP) is 3.38. The highest BCUT2D eigenvalue weighted by atomic mass is 19.4. The van der Waals surface area contributed by atoms with Crippen LogP contribution in [-0.4, -0.2) is 20.4 Å². The number of H-pyrrole nitrogens is 1. The summed E-state index contributed by atoms with van der Waals surface area (Å²) in [5, 5.41) is 4.24. The van der Waals surface area contributed by atoms with Crippen molar-refractivity contribution in [3.8, 4) is 5.69 Å². The van der Waals surface area contributed by atoms with Crippen molar-refractivity contribution in [2.75, 3.05) is 0 Å². The van der Waals surface area contributed by atoms with Crippen molar-refractivity contribution in [2.45, 2.75) is 6.18 Å². The van der Waals surface area contributed by atoms with E-state index >= 15 is 0 Å². The van der Waals surface area contributed by atoms with Gasteiger partial charge in [-0.25, -0.2) is 4.79 Å². The topological polar surface area (TPSA) is 72.2 Å². The summed E-state index contributed by atoms with van der Waals surface area (Å²) < 4.78 is 41.1. The van der Waals surface area contributed by atoms with Crippen molar-refractivity contribution < 1.29 is 13.2 Å². The standard InChI is InChI=1S/C20H13F3N4O2/c21-20(22,23)13-5-3-6-14(11-13)26-10-4-7-15(26)12-24-27-18(28)16-8-1-2-9-17(16)25-19(27)29/h1-12H,(H,25,29). The van der Waals surface area contributed by atoms with Gasteiger partial charge >= 0.3 is 11.9 Å². The van der Waals surface area contributed by atoms with Crippen LogP contribution in [0.5, 0.6) is 0 Å². The van der Waals surface area contributed by atoms with Crippen molar-refractivity contribution in [1.29, 1.82) is 0 Å². The predicted molar refractivity (Wildman–Crippen MR) is 103 cm³/mol. The Balaban J connectivity index is 1.76. The number of nitrogens with zero attached hydrogens (tertiary/aromatic N) is 3. The highest BCUT2D eigenvalue weighted by molar-refractivity contribution is 5.79. The number of alkyl halides is 3. The highest BCUT2D eigenvalue weighted by Gasteiger charge is 2.30. The molecule has 4 rings (SSSR count). The van der Waals surface area contributed by atoms with Crippen LogP contribution in [-0.2, 0) is 6.18 Å². The van der Waals surface area contributed by atoms with Crippen LogP contribution < -0.4 is 11.2 Å². The molecule has 4 aromatic rings. The first-order chi connectivity index (χ1) is 13.8. The van der Waals surface area contributed by atoms with E-state index in [9.17, 15) is 22.8 Å². The number of hydrogen-bond donors (Lipinski definition) is 1. The Labute approximate surface area is 161 Å². The first-order valence-corrected chi connectivity index (χ1v) is 8.48. The lowest BCUT2D eigenvalue weighted by Gasteiger charge is -2.11. The Morgan fingerprint density at radius 1 is 0.966 bits per heavy atom. The molecule has 9 heteroatoms. The molecule has 2 aromatic carbocycles. The summed E-state index contributed by atoms with van der Waals surface area (Å²) in [5.41, 5.74) is -1.05. The fraction of sp³-hybridized carbons (Fsp3) is 0.0500. The van der Waals surface area contributed by atoms with E-state index in [0.717, 1.165) is 12.1 Å². The Morgan fingerprint density at radius 2 is 1.76 bits per heavy atom. The maximum absolute atomic E-state index is 13.0. The van der Waals surface area contributed by atoms with E-state index in [1.54, 1.807) is 42.6 Å². The molecule has 0 saturated carbocycles. The van der Waals surface area contributed by atoms with E-state index in [1.165, 1.54) is 22.9 Å². The second kappa shape index (κ2) is 6.93. The molecule has 2 aromatic heterocycles. The molecule has 0 aliphatic carbocycles. The monoisotopic (exact) mass is 398 g/mol. The van der Waals surface area contributed by atoms with Gasteiger partial charge in [0.1, 0.15) is 0 Å². The molecular weight excluding hydrogens is 385 g/mol. The summed E-state index contributed by atoms with van der Waals surface area (Å²) in [6.45, 7) is 0. The number of benzene rings is 2. The zero-order valence-corrected chi connectivity index (χ0v) is 14.7. The summed E-state index contributed by atoms with van der Waals surface area (Å²) in [4.78, 5) is 27.3. The van der Waals surface area contributed by atoms with E-state index < -0.39 is 23.0 Å². The molecule has 146 valence electrons. The lowest BCUT2D eigenvalue weighted by molar-refractivity contribution is -0.137. The number of aromatic nitrogens is 3. The van der Waals surface area contributed by atoms with Crippen LogP contribution in [0.25, 0.3) is 16.6 Å². The van der Waals surface area contributed by atoms with E-state index in [4.69, 9.17) is 0 Å². The van der Waals surface area contributed by atoms with Gasteiger partial charge < -0.3 is 9.55 Å². The molecule has 0 radical (unpaired) electrons. The molecule has 0 atom stereocenters. The Bertz CT molecular complexity index is 1350. The maximum atomic E-state index is 13.0. The average Bonchev–Trinajstić information content (AvgIpc) is 3.16. The molecule has 0 aliphatic heterocycles. The second-order valence-corrected chi connectivity index (χ2v) is 6.19. The minimum Gasteiger partial charge on any atom is -0.316 e. The molecule has 0 amide bonds. The molecule has 29 heavy (non-hydrogen) atoms. The molecule has 0 bridgehead atoms. The van der Waals surface area contributed by atoms with Gasteiger partial charge in [0.2, 0.25) is 0 Å². The van der Waals surface area contributed by atoms with Crippen LogP contribution in [0.15, 0.2) is 81.6 Å². The lowest BCUT2D eigenvalue weighted by Crippen LogP contribution is -2.32. The van der Waals surface area contributed by atoms with Crippen molar-refractivity contribution in [1.82, 2.24) is 14.2 Å². The highest BCUT2D eigenvalue weighted by Crippen LogP contribution is 2.30. The van der Waals surface area contributed by atoms with Gasteiger partial charge in [-0.1, -0.05) is 18.2 Å². The SMILES string of the molecule is O=c1[nH]c2ccccc2c(=O)n1N=Cc1cccn1-c1cccc(C(F)(F)F)c1. The summed E-state index contributed by atoms with van der Waals surface area (Å²) in [6.07, 6.45) is -1.67. The van der Waals surface area contributed by atoms with Crippen LogP contribution >= 0.6 is 0 Å². The number of para-hydroxylation sites is 1. The molecule has 2 heterocycles. The average molecular weight is 398 g/mol. The van der Waals surface area contributed by atoms with Gasteiger partial charge in [0.05, 0.1) is 28.4 Å². The van der Waals surface area contributed by atoms with E-state index in [1.807, 2.05) is 0 Å². The van der Waals surface area contributed by atoms with E-state index in [-0.39, 0.29) is 11.1 Å². The molecule has 1 N–H and O–H groups in total. The van der Waals surface area contributed by atoms with Crippen LogP contribution in [0.1, 0.15) is 11.3 Å². The molecular formula is C20H13F3N4O2. The molecule has 0 fully saturated rings. The Morgan fingerprint density at radius 3 is 2.55 bits per heavy atom. The van der Waals surface area contributed by atoms with Crippen LogP contribution in [0.2, 0.25) is 0 Å². The van der Waals surface area contributed by atoms with Gasteiger partial charge in [-0.2, -0.15) is 18.3 Å². The zero-order chi connectivity index (χ0) is 20.6. The number of aromatic amines is 1. The third-order valence-electron chi connectivity index (χ3n) is 4.32. The fourth-order valence-electron chi connectivity index (χ4n) is 2.94. The fourth-order valence-corrected chi connectivity index (χ4v) is 2.94. The summed E-state index contributed by atoms with van der Waals surface area (Å²) in [7, 11) is 0. The third kappa shape index (κ3) is 3.49. The van der Waals surface area contributed by atoms with E-state index in [2.05, 4.69) is 10.1 Å². The second-order valence-electron chi connectivity index (χ2n) is 6.19. The number of nitrogens with one attached hydrogen (secondary N) is 1. The van der Waals surface area contributed by atoms with Crippen LogP contribution in [0.3, 0.4) is 0 Å². The van der Waals surface area contributed by atoms with E-state index in [0.29, 0.717) is 15.9 Å². The Kier molecular flexibility index (Phi) is 4.42. The normalized spacial score (nSPS) is 12.1. The zero-order valence-electron chi connectivity index (χ0n) is 14.7. The van der Waals surface area contributed by atoms with Crippen molar-refractivity contribution in [3.05, 3.63) is 99.0 Å². The molecule has 0 spiro atoms. The largest absolute Gasteiger partial charge is 0.416 e. The number of hydrogen-bond acceptors (Lipinski definition) is 3. The van der Waals surface area contributed by atoms with Gasteiger partial charge in [0, 0.05) is 11.9 Å². The van der Waals surface area contributed by atoms with Crippen LogP contribution in [0.4, 0.5) is 13.2 Å². The number of halogens is 3. The van der Waals surface area contributed by atoms with Gasteiger partial charge in [-0.3, -0.25) is 4.79 Å². The van der Waals surface area contributed by atoms with Gasteiger partial charge in [0.25, 0.3) is 5.56 Å². The third-order valence-corrected chi connectivity index (χ3v) is 4.32. The Hall–Kier alpha value is -3.88. The molecule has 0 saturated heterocycles. The molecule has 0 aliphatic rings. The maximum Gasteiger partial charge on any atom is 0.416 e. The summed E-state index contributed by atoms with van der Waals surface area (Å²) in [5.74, 6) is 0. The molecule has 0 unspecified atom stereocenters. The van der Waals surface area contributed by atoms with Crippen molar-refractivity contribution in [3.63, 3.8) is 0 Å².